The van der Waals surface area contributed by atoms with Gasteiger partial charge in [-0.25, -0.2) is 0 Å². The number of aryl methyl sites for hydroxylation is 2. The fraction of sp³-hybridized carbons (Fsp3) is 0.143. The summed E-state index contributed by atoms with van der Waals surface area (Å²) in [5, 5.41) is 18.1. The quantitative estimate of drug-likeness (QED) is 0.764. The summed E-state index contributed by atoms with van der Waals surface area (Å²) in [5.41, 5.74) is 5.28. The molecular formula is C14H15BO2. The molecule has 86 valence electrons. The second-order valence-electron chi connectivity index (χ2n) is 4.26. The van der Waals surface area contributed by atoms with E-state index >= 15 is 0 Å². The second-order valence-corrected chi connectivity index (χ2v) is 4.26. The van der Waals surface area contributed by atoms with Crippen LogP contribution in [0.15, 0.2) is 42.5 Å². The maximum absolute atomic E-state index is 9.05. The van der Waals surface area contributed by atoms with Crippen molar-refractivity contribution < 1.29 is 10.0 Å². The molecule has 2 rings (SSSR count). The Morgan fingerprint density at radius 3 is 1.82 bits per heavy atom. The number of hydrogen-bond donors (Lipinski definition) is 2. The molecule has 0 bridgehead atoms. The Kier molecular flexibility index (Phi) is 3.32. The molecule has 0 aliphatic carbocycles. The standard InChI is InChI=1S/C14H15BO2/c1-10-4-3-5-11(2)14(10)12-6-8-13(9-7-12)15(16)17/h3-9,16-17H,1-2H3. The SMILES string of the molecule is Cc1cccc(C)c1-c1ccc(B(O)O)cc1. The second kappa shape index (κ2) is 4.74. The molecule has 2 aromatic rings. The van der Waals surface area contributed by atoms with Gasteiger partial charge in [-0.3, -0.25) is 0 Å². The Balaban J connectivity index is 2.47. The van der Waals surface area contributed by atoms with Gasteiger partial charge in [0, 0.05) is 0 Å². The van der Waals surface area contributed by atoms with Crippen LogP contribution in [0, 0.1) is 13.8 Å². The van der Waals surface area contributed by atoms with Crippen molar-refractivity contribution in [1.82, 2.24) is 0 Å². The Morgan fingerprint density at radius 1 is 0.824 bits per heavy atom. The topological polar surface area (TPSA) is 40.5 Å². The Hall–Kier alpha value is -1.58. The third-order valence-corrected chi connectivity index (χ3v) is 2.98. The van der Waals surface area contributed by atoms with Crippen LogP contribution in [-0.4, -0.2) is 17.2 Å². The summed E-state index contributed by atoms with van der Waals surface area (Å²) in [4.78, 5) is 0. The summed E-state index contributed by atoms with van der Waals surface area (Å²) in [6, 6.07) is 13.5. The van der Waals surface area contributed by atoms with Gasteiger partial charge in [0.1, 0.15) is 0 Å². The average molecular weight is 226 g/mol. The minimum Gasteiger partial charge on any atom is -0.423 e. The van der Waals surface area contributed by atoms with Crippen molar-refractivity contribution in [1.29, 1.82) is 0 Å². The lowest BCUT2D eigenvalue weighted by Crippen LogP contribution is -2.29. The van der Waals surface area contributed by atoms with Gasteiger partial charge in [0.2, 0.25) is 0 Å². The highest BCUT2D eigenvalue weighted by Gasteiger charge is 2.11. The first-order valence-corrected chi connectivity index (χ1v) is 5.62. The minimum absolute atomic E-state index is 0.514. The van der Waals surface area contributed by atoms with Crippen LogP contribution in [0.4, 0.5) is 0 Å². The van der Waals surface area contributed by atoms with Crippen LogP contribution in [0.25, 0.3) is 11.1 Å². The monoisotopic (exact) mass is 226 g/mol. The van der Waals surface area contributed by atoms with Crippen molar-refractivity contribution in [2.24, 2.45) is 0 Å². The summed E-state index contributed by atoms with van der Waals surface area (Å²) in [6.45, 7) is 4.16. The molecule has 0 spiro atoms. The van der Waals surface area contributed by atoms with E-state index in [0.717, 1.165) is 5.56 Å². The van der Waals surface area contributed by atoms with Crippen LogP contribution in [0.3, 0.4) is 0 Å². The fourth-order valence-electron chi connectivity index (χ4n) is 2.09. The van der Waals surface area contributed by atoms with Gasteiger partial charge in [0.25, 0.3) is 0 Å². The van der Waals surface area contributed by atoms with E-state index in [0.29, 0.717) is 5.46 Å². The largest absolute Gasteiger partial charge is 0.488 e. The van der Waals surface area contributed by atoms with Gasteiger partial charge in [-0.05, 0) is 41.6 Å². The van der Waals surface area contributed by atoms with Crippen LogP contribution in [0.5, 0.6) is 0 Å². The van der Waals surface area contributed by atoms with E-state index < -0.39 is 7.12 Å². The molecule has 0 unspecified atom stereocenters. The van der Waals surface area contributed by atoms with Gasteiger partial charge in [-0.1, -0.05) is 42.5 Å². The van der Waals surface area contributed by atoms with Gasteiger partial charge in [0.05, 0.1) is 0 Å². The van der Waals surface area contributed by atoms with Crippen LogP contribution in [0.1, 0.15) is 11.1 Å². The van der Waals surface area contributed by atoms with E-state index in [2.05, 4.69) is 26.0 Å². The van der Waals surface area contributed by atoms with E-state index in [9.17, 15) is 0 Å². The zero-order chi connectivity index (χ0) is 12.4. The smallest absolute Gasteiger partial charge is 0.423 e. The van der Waals surface area contributed by atoms with Crippen LogP contribution in [0.2, 0.25) is 0 Å². The van der Waals surface area contributed by atoms with Crippen LogP contribution < -0.4 is 5.46 Å². The highest BCUT2D eigenvalue weighted by molar-refractivity contribution is 6.58. The lowest BCUT2D eigenvalue weighted by molar-refractivity contribution is 0.426. The van der Waals surface area contributed by atoms with Crippen molar-refractivity contribution in [3.8, 4) is 11.1 Å². The number of benzene rings is 2. The molecule has 0 aliphatic heterocycles. The van der Waals surface area contributed by atoms with Gasteiger partial charge in [0.15, 0.2) is 0 Å². The summed E-state index contributed by atoms with van der Waals surface area (Å²) in [6.07, 6.45) is 0. The molecule has 0 aliphatic rings. The summed E-state index contributed by atoms with van der Waals surface area (Å²) in [7, 11) is -1.40. The molecule has 0 saturated heterocycles. The molecule has 0 radical (unpaired) electrons. The maximum Gasteiger partial charge on any atom is 0.488 e. The van der Waals surface area contributed by atoms with Gasteiger partial charge in [-0.15, -0.1) is 0 Å². The minimum atomic E-state index is -1.40. The Labute approximate surface area is 102 Å². The van der Waals surface area contributed by atoms with Gasteiger partial charge in [-0.2, -0.15) is 0 Å². The van der Waals surface area contributed by atoms with Gasteiger partial charge < -0.3 is 10.0 Å². The Morgan fingerprint density at radius 2 is 1.35 bits per heavy atom. The zero-order valence-corrected chi connectivity index (χ0v) is 10.0. The lowest BCUT2D eigenvalue weighted by atomic mass is 9.79. The molecule has 3 heteroatoms. The van der Waals surface area contributed by atoms with E-state index in [1.165, 1.54) is 16.7 Å². The normalized spacial score (nSPS) is 10.4. The molecular weight excluding hydrogens is 211 g/mol. The summed E-state index contributed by atoms with van der Waals surface area (Å²) < 4.78 is 0. The van der Waals surface area contributed by atoms with Gasteiger partial charge >= 0.3 is 7.12 Å². The van der Waals surface area contributed by atoms with E-state index in [1.54, 1.807) is 12.1 Å². The molecule has 0 saturated carbocycles. The van der Waals surface area contributed by atoms with E-state index in [1.807, 2.05) is 18.2 Å². The molecule has 0 atom stereocenters. The first kappa shape index (κ1) is 11.9. The first-order chi connectivity index (χ1) is 8.09. The molecule has 17 heavy (non-hydrogen) atoms. The molecule has 2 nitrogen and oxygen atoms in total. The fourth-order valence-corrected chi connectivity index (χ4v) is 2.09. The summed E-state index contributed by atoms with van der Waals surface area (Å²) in [5.74, 6) is 0. The molecule has 0 amide bonds. The van der Waals surface area contributed by atoms with Crippen LogP contribution in [-0.2, 0) is 0 Å². The molecule has 0 aromatic heterocycles. The highest BCUT2D eigenvalue weighted by Crippen LogP contribution is 2.26. The van der Waals surface area contributed by atoms with Crippen molar-refractivity contribution in [3.05, 3.63) is 53.6 Å². The lowest BCUT2D eigenvalue weighted by Gasteiger charge is -2.10. The number of hydrogen-bond acceptors (Lipinski definition) is 2. The summed E-state index contributed by atoms with van der Waals surface area (Å²) >= 11 is 0. The predicted octanol–water partition coefficient (Wildman–Crippen LogP) is 1.65. The van der Waals surface area contributed by atoms with E-state index in [-0.39, 0.29) is 0 Å². The maximum atomic E-state index is 9.05. The Bertz CT molecular complexity index is 498. The molecule has 0 heterocycles. The predicted molar refractivity (Wildman–Crippen MR) is 71.2 cm³/mol. The van der Waals surface area contributed by atoms with Crippen molar-refractivity contribution in [3.63, 3.8) is 0 Å². The molecule has 2 aromatic carbocycles. The first-order valence-electron chi connectivity index (χ1n) is 5.62. The van der Waals surface area contributed by atoms with Crippen LogP contribution >= 0.6 is 0 Å². The van der Waals surface area contributed by atoms with Crippen molar-refractivity contribution in [2.45, 2.75) is 13.8 Å². The van der Waals surface area contributed by atoms with E-state index in [4.69, 9.17) is 10.0 Å². The molecule has 0 fully saturated rings. The number of rotatable bonds is 2. The van der Waals surface area contributed by atoms with Crippen molar-refractivity contribution in [2.75, 3.05) is 0 Å². The highest BCUT2D eigenvalue weighted by atomic mass is 16.4. The average Bonchev–Trinajstić information content (AvgIpc) is 2.29. The van der Waals surface area contributed by atoms with Crippen molar-refractivity contribution >= 4 is 12.6 Å². The third kappa shape index (κ3) is 2.41. The molecule has 2 N–H and O–H groups in total. The zero-order valence-electron chi connectivity index (χ0n) is 10.0. The third-order valence-electron chi connectivity index (χ3n) is 2.98.